The molecule has 118 valence electrons. The average molecular weight is 342 g/mol. The average Bonchev–Trinajstić information content (AvgIpc) is 2.95. The van der Waals surface area contributed by atoms with Gasteiger partial charge in [0, 0.05) is 15.6 Å². The quantitative estimate of drug-likeness (QED) is 0.750. The maximum absolute atomic E-state index is 12.5. The molecule has 2 rings (SSSR count). The highest BCUT2D eigenvalue weighted by Gasteiger charge is 2.27. The molecule has 2 aromatic rings. The highest BCUT2D eigenvalue weighted by atomic mass is 35.5. The maximum atomic E-state index is 12.5. The first-order valence-corrected chi connectivity index (χ1v) is 7.70. The van der Waals surface area contributed by atoms with Crippen molar-refractivity contribution in [2.24, 2.45) is 5.92 Å². The molecule has 5 nitrogen and oxygen atoms in total. The maximum Gasteiger partial charge on any atom is 0.335 e. The summed E-state index contributed by atoms with van der Waals surface area (Å²) in [5.74, 6) is 0.0344. The van der Waals surface area contributed by atoms with Crippen LogP contribution < -0.4 is 0 Å². The summed E-state index contributed by atoms with van der Waals surface area (Å²) in [4.78, 5) is 16.3. The molecule has 1 aromatic heterocycles. The number of hydrogen-bond acceptors (Lipinski definition) is 4. The van der Waals surface area contributed by atoms with E-state index in [1.54, 1.807) is 18.2 Å². The molecule has 0 aliphatic carbocycles. The van der Waals surface area contributed by atoms with E-state index in [2.05, 4.69) is 23.9 Å². The van der Waals surface area contributed by atoms with Crippen LogP contribution in [0.4, 0.5) is 0 Å². The second kappa shape index (κ2) is 7.61. The number of benzene rings is 1. The van der Waals surface area contributed by atoms with E-state index >= 15 is 0 Å². The third-order valence-electron chi connectivity index (χ3n) is 3.12. The predicted molar refractivity (Wildman–Crippen MR) is 85.0 cm³/mol. The molecule has 1 heterocycles. The largest absolute Gasteiger partial charge is 0.464 e. The van der Waals surface area contributed by atoms with Crippen molar-refractivity contribution in [3.8, 4) is 0 Å². The lowest BCUT2D eigenvalue weighted by Crippen LogP contribution is -2.24. The van der Waals surface area contributed by atoms with Gasteiger partial charge in [-0.05, 0) is 24.5 Å². The van der Waals surface area contributed by atoms with Crippen LogP contribution in [0.5, 0.6) is 0 Å². The van der Waals surface area contributed by atoms with Crippen molar-refractivity contribution >= 4 is 29.2 Å². The molecule has 1 aromatic carbocycles. The fourth-order valence-electron chi connectivity index (χ4n) is 1.93. The molecule has 0 aliphatic rings. The third-order valence-corrected chi connectivity index (χ3v) is 3.68. The zero-order chi connectivity index (χ0) is 16.1. The van der Waals surface area contributed by atoms with Gasteiger partial charge in [0.2, 0.25) is 0 Å². The molecule has 0 saturated carbocycles. The van der Waals surface area contributed by atoms with Gasteiger partial charge in [0.25, 0.3) is 0 Å². The van der Waals surface area contributed by atoms with E-state index < -0.39 is 12.0 Å². The summed E-state index contributed by atoms with van der Waals surface area (Å²) in [6.07, 6.45) is 3.61. The lowest BCUT2D eigenvalue weighted by molar-refractivity contribution is -0.146. The van der Waals surface area contributed by atoms with Crippen molar-refractivity contribution in [1.29, 1.82) is 0 Å². The predicted octanol–water partition coefficient (Wildman–Crippen LogP) is 3.76. The fourth-order valence-corrected chi connectivity index (χ4v) is 2.44. The first kappa shape index (κ1) is 16.8. The van der Waals surface area contributed by atoms with Gasteiger partial charge in [-0.3, -0.25) is 0 Å². The lowest BCUT2D eigenvalue weighted by Gasteiger charge is -2.18. The normalized spacial score (nSPS) is 12.4. The smallest absolute Gasteiger partial charge is 0.335 e. The highest BCUT2D eigenvalue weighted by molar-refractivity contribution is 6.35. The minimum atomic E-state index is -0.778. The summed E-state index contributed by atoms with van der Waals surface area (Å²) in [5.41, 5.74) is 0.575. The molecule has 0 aliphatic heterocycles. The van der Waals surface area contributed by atoms with Gasteiger partial charge in [-0.1, -0.05) is 43.1 Å². The van der Waals surface area contributed by atoms with E-state index in [0.717, 1.165) is 6.42 Å². The monoisotopic (exact) mass is 341 g/mol. The zero-order valence-corrected chi connectivity index (χ0v) is 13.9. The molecule has 22 heavy (non-hydrogen) atoms. The van der Waals surface area contributed by atoms with Crippen LogP contribution in [0.15, 0.2) is 30.9 Å². The van der Waals surface area contributed by atoms with Gasteiger partial charge in [-0.25, -0.2) is 14.5 Å². The van der Waals surface area contributed by atoms with Crippen LogP contribution >= 0.6 is 23.2 Å². The molecular formula is C15H17Cl2N3O2. The second-order valence-corrected chi connectivity index (χ2v) is 6.14. The van der Waals surface area contributed by atoms with Crippen LogP contribution in [0.25, 0.3) is 0 Å². The Hall–Kier alpha value is -1.59. The number of carbonyl (C=O) groups is 1. The molecule has 0 spiro atoms. The Morgan fingerprint density at radius 2 is 2.14 bits per heavy atom. The van der Waals surface area contributed by atoms with E-state index in [9.17, 15) is 4.79 Å². The number of hydrogen-bond donors (Lipinski definition) is 0. The Morgan fingerprint density at radius 3 is 2.73 bits per heavy atom. The Labute approximate surface area is 139 Å². The summed E-state index contributed by atoms with van der Waals surface area (Å²) >= 11 is 12.1. The SMILES string of the molecule is CC(C)CCOC(=O)C(c1ccc(Cl)cc1Cl)n1cncn1. The van der Waals surface area contributed by atoms with Crippen LogP contribution in [0, 0.1) is 5.92 Å². The topological polar surface area (TPSA) is 57.0 Å². The molecular weight excluding hydrogens is 325 g/mol. The van der Waals surface area contributed by atoms with Crippen LogP contribution in [0.3, 0.4) is 0 Å². The first-order valence-electron chi connectivity index (χ1n) is 6.94. The number of ether oxygens (including phenoxy) is 1. The van der Waals surface area contributed by atoms with Gasteiger partial charge in [0.05, 0.1) is 6.61 Å². The minimum absolute atomic E-state index is 0.354. The fraction of sp³-hybridized carbons (Fsp3) is 0.400. The Balaban J connectivity index is 2.26. The van der Waals surface area contributed by atoms with Gasteiger partial charge in [-0.2, -0.15) is 5.10 Å². The summed E-state index contributed by atoms with van der Waals surface area (Å²) in [6.45, 7) is 4.49. The molecule has 1 unspecified atom stereocenters. The standard InChI is InChI=1S/C15H17Cl2N3O2/c1-10(2)5-6-22-15(21)14(20-9-18-8-19-20)12-4-3-11(16)7-13(12)17/h3-4,7-10,14H,5-6H2,1-2H3. The molecule has 0 saturated heterocycles. The van der Waals surface area contributed by atoms with Crippen LogP contribution in [-0.2, 0) is 9.53 Å². The van der Waals surface area contributed by atoms with Gasteiger partial charge < -0.3 is 4.74 Å². The van der Waals surface area contributed by atoms with E-state index in [-0.39, 0.29) is 0 Å². The van der Waals surface area contributed by atoms with Crippen molar-refractivity contribution in [3.05, 3.63) is 46.5 Å². The number of nitrogens with zero attached hydrogens (tertiary/aromatic N) is 3. The number of esters is 1. The number of carbonyl (C=O) groups excluding carboxylic acids is 1. The number of rotatable bonds is 6. The summed E-state index contributed by atoms with van der Waals surface area (Å²) in [5, 5.41) is 4.92. The third kappa shape index (κ3) is 4.21. The number of halogens is 2. The van der Waals surface area contributed by atoms with E-state index in [1.807, 2.05) is 0 Å². The summed E-state index contributed by atoms with van der Waals surface area (Å²) < 4.78 is 6.78. The molecule has 0 N–H and O–H groups in total. The van der Waals surface area contributed by atoms with Crippen LogP contribution in [-0.4, -0.2) is 27.3 Å². The minimum Gasteiger partial charge on any atom is -0.464 e. The molecule has 0 bridgehead atoms. The van der Waals surface area contributed by atoms with E-state index in [1.165, 1.54) is 17.3 Å². The van der Waals surface area contributed by atoms with Gasteiger partial charge in [-0.15, -0.1) is 0 Å². The van der Waals surface area contributed by atoms with Crippen LogP contribution in [0.1, 0.15) is 31.9 Å². The molecule has 7 heteroatoms. The van der Waals surface area contributed by atoms with Crippen molar-refractivity contribution in [1.82, 2.24) is 14.8 Å². The van der Waals surface area contributed by atoms with E-state index in [4.69, 9.17) is 27.9 Å². The van der Waals surface area contributed by atoms with Gasteiger partial charge >= 0.3 is 5.97 Å². The lowest BCUT2D eigenvalue weighted by atomic mass is 10.1. The first-order chi connectivity index (χ1) is 10.5. The molecule has 1 atom stereocenters. The van der Waals surface area contributed by atoms with Crippen LogP contribution in [0.2, 0.25) is 10.0 Å². The molecule has 0 fully saturated rings. The second-order valence-electron chi connectivity index (χ2n) is 5.29. The van der Waals surface area contributed by atoms with Gasteiger partial charge in [0.1, 0.15) is 12.7 Å². The van der Waals surface area contributed by atoms with Crippen molar-refractivity contribution in [3.63, 3.8) is 0 Å². The van der Waals surface area contributed by atoms with Crippen molar-refractivity contribution in [2.75, 3.05) is 6.61 Å². The summed E-state index contributed by atoms with van der Waals surface area (Å²) in [6, 6.07) is 4.18. The van der Waals surface area contributed by atoms with Gasteiger partial charge in [0.15, 0.2) is 6.04 Å². The highest BCUT2D eigenvalue weighted by Crippen LogP contribution is 2.29. The Kier molecular flexibility index (Phi) is 5.80. The Bertz CT molecular complexity index is 630. The van der Waals surface area contributed by atoms with Crippen molar-refractivity contribution in [2.45, 2.75) is 26.3 Å². The molecule has 0 amide bonds. The van der Waals surface area contributed by atoms with E-state index in [0.29, 0.717) is 28.1 Å². The molecule has 0 radical (unpaired) electrons. The Morgan fingerprint density at radius 1 is 1.36 bits per heavy atom. The zero-order valence-electron chi connectivity index (χ0n) is 12.4. The summed E-state index contributed by atoms with van der Waals surface area (Å²) in [7, 11) is 0. The number of aromatic nitrogens is 3. The van der Waals surface area contributed by atoms with Crippen molar-refractivity contribution < 1.29 is 9.53 Å².